The first-order valence-corrected chi connectivity index (χ1v) is 6.35. The summed E-state index contributed by atoms with van der Waals surface area (Å²) >= 11 is 0. The molecule has 98 valence electrons. The maximum atomic E-state index is 11.0. The van der Waals surface area contributed by atoms with Crippen LogP contribution < -0.4 is 10.6 Å². The smallest absolute Gasteiger partial charge is 0.220 e. The van der Waals surface area contributed by atoms with Crippen molar-refractivity contribution >= 4 is 5.91 Å². The minimum Gasteiger partial charge on any atom is -0.380 e. The largest absolute Gasteiger partial charge is 0.380 e. The van der Waals surface area contributed by atoms with Gasteiger partial charge in [0.2, 0.25) is 5.91 Å². The summed E-state index contributed by atoms with van der Waals surface area (Å²) in [7, 11) is 1.70. The number of nitrogens with one attached hydrogen (secondary N) is 2. The van der Waals surface area contributed by atoms with Crippen LogP contribution in [0.15, 0.2) is 24.3 Å². The first-order chi connectivity index (χ1) is 8.78. The minimum absolute atomic E-state index is 0.164. The lowest BCUT2D eigenvalue weighted by Gasteiger charge is -2.23. The lowest BCUT2D eigenvalue weighted by Crippen LogP contribution is -2.45. The van der Waals surface area contributed by atoms with Crippen LogP contribution in [0.5, 0.6) is 0 Å². The molecule has 0 aliphatic carbocycles. The first-order valence-electron chi connectivity index (χ1n) is 6.35. The normalized spacial score (nSPS) is 19.6. The third kappa shape index (κ3) is 3.82. The number of piperidine rings is 1. The Bertz CT molecular complexity index is 379. The molecule has 1 aromatic rings. The summed E-state index contributed by atoms with van der Waals surface area (Å²) in [6, 6.07) is 8.79. The van der Waals surface area contributed by atoms with E-state index in [4.69, 9.17) is 4.74 Å². The number of benzene rings is 1. The highest BCUT2D eigenvalue weighted by atomic mass is 16.5. The molecule has 18 heavy (non-hydrogen) atoms. The lowest BCUT2D eigenvalue weighted by atomic mass is 10.1. The van der Waals surface area contributed by atoms with Gasteiger partial charge < -0.3 is 15.4 Å². The predicted octanol–water partition coefficient (Wildman–Crippen LogP) is 1.20. The summed E-state index contributed by atoms with van der Waals surface area (Å²) in [6.45, 7) is 2.23. The topological polar surface area (TPSA) is 50.4 Å². The molecular weight excluding hydrogens is 228 g/mol. The molecule has 1 fully saturated rings. The van der Waals surface area contributed by atoms with Gasteiger partial charge in [-0.15, -0.1) is 0 Å². The Morgan fingerprint density at radius 2 is 2.06 bits per heavy atom. The zero-order valence-electron chi connectivity index (χ0n) is 10.7. The summed E-state index contributed by atoms with van der Waals surface area (Å²) in [6.07, 6.45) is 1.55. The third-order valence-corrected chi connectivity index (χ3v) is 3.19. The molecule has 1 amide bonds. The van der Waals surface area contributed by atoms with Crippen molar-refractivity contribution in [2.45, 2.75) is 32.0 Å². The number of ether oxygens (including phenoxy) is 1. The summed E-state index contributed by atoms with van der Waals surface area (Å²) in [5.74, 6) is 0.164. The van der Waals surface area contributed by atoms with Crippen molar-refractivity contribution in [2.24, 2.45) is 0 Å². The fraction of sp³-hybridized carbons (Fsp3) is 0.500. The van der Waals surface area contributed by atoms with E-state index >= 15 is 0 Å². The molecule has 1 unspecified atom stereocenters. The van der Waals surface area contributed by atoms with Gasteiger partial charge in [0.15, 0.2) is 0 Å². The van der Waals surface area contributed by atoms with Gasteiger partial charge >= 0.3 is 0 Å². The monoisotopic (exact) mass is 248 g/mol. The highest BCUT2D eigenvalue weighted by molar-refractivity contribution is 5.76. The standard InChI is InChI=1S/C14H20N2O2/c1-18-10-12-4-2-11(3-5-12)8-15-13-6-7-14(17)16-9-13/h2-5,13,15H,6-10H2,1H3,(H,16,17). The van der Waals surface area contributed by atoms with Gasteiger partial charge in [-0.1, -0.05) is 24.3 Å². The van der Waals surface area contributed by atoms with E-state index < -0.39 is 0 Å². The van der Waals surface area contributed by atoms with Crippen LogP contribution in [0, 0.1) is 0 Å². The van der Waals surface area contributed by atoms with E-state index in [2.05, 4.69) is 34.9 Å². The molecule has 4 nitrogen and oxygen atoms in total. The average Bonchev–Trinajstić information content (AvgIpc) is 2.40. The van der Waals surface area contributed by atoms with Gasteiger partial charge in [-0.05, 0) is 17.5 Å². The van der Waals surface area contributed by atoms with Crippen LogP contribution in [0.2, 0.25) is 0 Å². The third-order valence-electron chi connectivity index (χ3n) is 3.19. The highest BCUT2D eigenvalue weighted by Gasteiger charge is 2.16. The second-order valence-electron chi connectivity index (χ2n) is 4.67. The number of hydrogen-bond acceptors (Lipinski definition) is 3. The molecule has 1 aliphatic heterocycles. The number of methoxy groups -OCH3 is 1. The van der Waals surface area contributed by atoms with Crippen molar-refractivity contribution in [2.75, 3.05) is 13.7 Å². The van der Waals surface area contributed by atoms with Gasteiger partial charge in [-0.3, -0.25) is 4.79 Å². The van der Waals surface area contributed by atoms with Crippen molar-refractivity contribution in [1.29, 1.82) is 0 Å². The molecule has 4 heteroatoms. The van der Waals surface area contributed by atoms with Gasteiger partial charge in [0, 0.05) is 32.7 Å². The summed E-state index contributed by atoms with van der Waals surface area (Å²) in [4.78, 5) is 11.0. The average molecular weight is 248 g/mol. The van der Waals surface area contributed by atoms with E-state index in [0.29, 0.717) is 19.1 Å². The molecule has 0 aromatic heterocycles. The second-order valence-corrected chi connectivity index (χ2v) is 4.67. The molecular formula is C14H20N2O2. The van der Waals surface area contributed by atoms with Gasteiger partial charge in [-0.2, -0.15) is 0 Å². The zero-order chi connectivity index (χ0) is 12.8. The Labute approximate surface area is 108 Å². The molecule has 2 rings (SSSR count). The van der Waals surface area contributed by atoms with Crippen LogP contribution in [-0.4, -0.2) is 25.6 Å². The van der Waals surface area contributed by atoms with E-state index in [1.54, 1.807) is 7.11 Å². The predicted molar refractivity (Wildman–Crippen MR) is 70.0 cm³/mol. The molecule has 1 aromatic carbocycles. The van der Waals surface area contributed by atoms with Crippen molar-refractivity contribution in [3.63, 3.8) is 0 Å². The Balaban J connectivity index is 1.77. The fourth-order valence-electron chi connectivity index (χ4n) is 2.09. The number of carbonyl (C=O) groups is 1. The molecule has 1 aliphatic rings. The van der Waals surface area contributed by atoms with Crippen LogP contribution in [0.25, 0.3) is 0 Å². The van der Waals surface area contributed by atoms with Gasteiger partial charge in [0.1, 0.15) is 0 Å². The van der Waals surface area contributed by atoms with E-state index in [1.807, 2.05) is 0 Å². The first kappa shape index (κ1) is 13.1. The minimum atomic E-state index is 0.164. The lowest BCUT2D eigenvalue weighted by molar-refractivity contribution is -0.122. The molecule has 1 saturated heterocycles. The van der Waals surface area contributed by atoms with Gasteiger partial charge in [0.25, 0.3) is 0 Å². The maximum absolute atomic E-state index is 11.0. The molecule has 0 saturated carbocycles. The van der Waals surface area contributed by atoms with Crippen molar-refractivity contribution in [1.82, 2.24) is 10.6 Å². The second kappa shape index (κ2) is 6.52. The quantitative estimate of drug-likeness (QED) is 0.823. The molecule has 1 atom stereocenters. The summed E-state index contributed by atoms with van der Waals surface area (Å²) in [5.41, 5.74) is 2.44. The van der Waals surface area contributed by atoms with Crippen molar-refractivity contribution in [3.05, 3.63) is 35.4 Å². The number of amides is 1. The highest BCUT2D eigenvalue weighted by Crippen LogP contribution is 2.07. The number of rotatable bonds is 5. The van der Waals surface area contributed by atoms with E-state index in [9.17, 15) is 4.79 Å². The molecule has 0 bridgehead atoms. The van der Waals surface area contributed by atoms with E-state index in [1.165, 1.54) is 11.1 Å². The fourth-order valence-corrected chi connectivity index (χ4v) is 2.09. The van der Waals surface area contributed by atoms with Gasteiger partial charge in [-0.25, -0.2) is 0 Å². The van der Waals surface area contributed by atoms with Crippen LogP contribution in [0.4, 0.5) is 0 Å². The SMILES string of the molecule is COCc1ccc(CNC2CCC(=O)NC2)cc1. The Hall–Kier alpha value is -1.39. The summed E-state index contributed by atoms with van der Waals surface area (Å²) in [5, 5.41) is 6.34. The number of carbonyl (C=O) groups excluding carboxylic acids is 1. The van der Waals surface area contributed by atoms with Crippen molar-refractivity contribution in [3.8, 4) is 0 Å². The van der Waals surface area contributed by atoms with Crippen LogP contribution >= 0.6 is 0 Å². The van der Waals surface area contributed by atoms with E-state index in [-0.39, 0.29) is 5.91 Å². The number of hydrogen-bond donors (Lipinski definition) is 2. The molecule has 2 N–H and O–H groups in total. The van der Waals surface area contributed by atoms with Crippen LogP contribution in [-0.2, 0) is 22.7 Å². The van der Waals surface area contributed by atoms with Crippen molar-refractivity contribution < 1.29 is 9.53 Å². The maximum Gasteiger partial charge on any atom is 0.220 e. The molecule has 1 heterocycles. The zero-order valence-corrected chi connectivity index (χ0v) is 10.7. The van der Waals surface area contributed by atoms with Gasteiger partial charge in [0.05, 0.1) is 6.61 Å². The summed E-state index contributed by atoms with van der Waals surface area (Å²) < 4.78 is 5.08. The Morgan fingerprint density at radius 3 is 2.67 bits per heavy atom. The Morgan fingerprint density at radius 1 is 1.33 bits per heavy atom. The molecule has 0 spiro atoms. The van der Waals surface area contributed by atoms with E-state index in [0.717, 1.165) is 19.5 Å². The van der Waals surface area contributed by atoms with Crippen LogP contribution in [0.3, 0.4) is 0 Å². The molecule has 0 radical (unpaired) electrons. The Kier molecular flexibility index (Phi) is 4.73. The van der Waals surface area contributed by atoms with Crippen LogP contribution in [0.1, 0.15) is 24.0 Å².